The molecular weight excluding hydrogens is 178 g/mol. The first-order chi connectivity index (χ1) is 6.31. The van der Waals surface area contributed by atoms with Gasteiger partial charge in [-0.1, -0.05) is 0 Å². The van der Waals surface area contributed by atoms with Crippen LogP contribution in [0, 0.1) is 0 Å². The summed E-state index contributed by atoms with van der Waals surface area (Å²) in [6, 6.07) is 0. The van der Waals surface area contributed by atoms with Gasteiger partial charge in [-0.2, -0.15) is 0 Å². The van der Waals surface area contributed by atoms with Crippen LogP contribution in [-0.2, 0) is 9.57 Å². The summed E-state index contributed by atoms with van der Waals surface area (Å²) >= 11 is 0. The van der Waals surface area contributed by atoms with Crippen LogP contribution in [0.1, 0.15) is 0 Å². The van der Waals surface area contributed by atoms with E-state index in [9.17, 15) is 4.79 Å². The summed E-state index contributed by atoms with van der Waals surface area (Å²) in [5, 5.41) is 11.1. The Morgan fingerprint density at radius 1 is 1.38 bits per heavy atom. The highest BCUT2D eigenvalue weighted by Gasteiger charge is 2.00. The van der Waals surface area contributed by atoms with Crippen LogP contribution in [0.25, 0.3) is 0 Å². The maximum absolute atomic E-state index is 10.4. The Hall–Kier alpha value is -0.890. The van der Waals surface area contributed by atoms with Crippen LogP contribution in [0.5, 0.6) is 0 Å². The van der Waals surface area contributed by atoms with E-state index in [1.165, 1.54) is 0 Å². The molecule has 0 aromatic rings. The van der Waals surface area contributed by atoms with Gasteiger partial charge in [-0.3, -0.25) is 0 Å². The van der Waals surface area contributed by atoms with Crippen molar-refractivity contribution in [3.05, 3.63) is 0 Å². The monoisotopic (exact) mass is 193 g/mol. The fraction of sp³-hybridized carbons (Fsp3) is 0.833. The molecular formula is C6H15N3O4. The SMILES string of the molecule is NCCNCCNOC(=O)OCO. The minimum absolute atomic E-state index is 0.445. The number of hydrogen-bond donors (Lipinski definition) is 4. The molecule has 0 heterocycles. The van der Waals surface area contributed by atoms with Crippen molar-refractivity contribution in [2.45, 2.75) is 0 Å². The van der Waals surface area contributed by atoms with E-state index < -0.39 is 12.9 Å². The number of nitrogens with one attached hydrogen (secondary N) is 2. The third-order valence-electron chi connectivity index (χ3n) is 1.06. The number of aliphatic hydroxyl groups is 1. The summed E-state index contributed by atoms with van der Waals surface area (Å²) in [5.41, 5.74) is 7.55. The van der Waals surface area contributed by atoms with E-state index in [4.69, 9.17) is 10.8 Å². The maximum Gasteiger partial charge on any atom is 0.529 e. The molecule has 0 atom stereocenters. The molecule has 0 radical (unpaired) electrons. The van der Waals surface area contributed by atoms with Gasteiger partial charge in [0.05, 0.1) is 0 Å². The molecule has 13 heavy (non-hydrogen) atoms. The average molecular weight is 193 g/mol. The van der Waals surface area contributed by atoms with Gasteiger partial charge in [-0.25, -0.2) is 4.79 Å². The summed E-state index contributed by atoms with van der Waals surface area (Å²) < 4.78 is 4.06. The van der Waals surface area contributed by atoms with Gasteiger partial charge in [0.1, 0.15) is 0 Å². The van der Waals surface area contributed by atoms with E-state index in [-0.39, 0.29) is 0 Å². The van der Waals surface area contributed by atoms with Gasteiger partial charge in [0.2, 0.25) is 0 Å². The van der Waals surface area contributed by atoms with Gasteiger partial charge in [-0.05, 0) is 0 Å². The summed E-state index contributed by atoms with van der Waals surface area (Å²) in [7, 11) is 0. The Morgan fingerprint density at radius 2 is 2.15 bits per heavy atom. The summed E-state index contributed by atoms with van der Waals surface area (Å²) in [4.78, 5) is 14.7. The Morgan fingerprint density at radius 3 is 2.77 bits per heavy atom. The molecule has 0 amide bonds. The molecule has 0 aromatic heterocycles. The zero-order valence-electron chi connectivity index (χ0n) is 7.28. The molecule has 0 aliphatic heterocycles. The number of aliphatic hydroxyl groups excluding tert-OH is 1. The average Bonchev–Trinajstić information content (AvgIpc) is 2.11. The van der Waals surface area contributed by atoms with Crippen LogP contribution in [0.3, 0.4) is 0 Å². The Balaban J connectivity index is 3.02. The third-order valence-corrected chi connectivity index (χ3v) is 1.06. The van der Waals surface area contributed by atoms with E-state index in [0.29, 0.717) is 26.2 Å². The third kappa shape index (κ3) is 9.02. The molecule has 0 aromatic carbocycles. The Labute approximate surface area is 76.1 Å². The van der Waals surface area contributed by atoms with Crippen LogP contribution >= 0.6 is 0 Å². The molecule has 0 unspecified atom stereocenters. The summed E-state index contributed by atoms with van der Waals surface area (Å²) in [5.74, 6) is 0. The summed E-state index contributed by atoms with van der Waals surface area (Å²) in [6.45, 7) is 1.66. The fourth-order valence-electron chi connectivity index (χ4n) is 0.559. The highest BCUT2D eigenvalue weighted by molar-refractivity contribution is 5.59. The van der Waals surface area contributed by atoms with Crippen molar-refractivity contribution in [3.8, 4) is 0 Å². The Kier molecular flexibility index (Phi) is 8.57. The molecule has 0 saturated heterocycles. The van der Waals surface area contributed by atoms with E-state index in [1.807, 2.05) is 0 Å². The van der Waals surface area contributed by atoms with Crippen molar-refractivity contribution >= 4 is 6.16 Å². The lowest BCUT2D eigenvalue weighted by molar-refractivity contribution is -0.0280. The second-order valence-corrected chi connectivity index (χ2v) is 2.06. The number of nitrogens with two attached hydrogens (primary N) is 1. The maximum atomic E-state index is 10.4. The molecule has 7 heteroatoms. The standard InChI is InChI=1S/C6H15N3O4/c7-1-2-8-3-4-9-13-6(11)12-5-10/h8-10H,1-5,7H2. The lowest BCUT2D eigenvalue weighted by Crippen LogP contribution is -2.32. The number of carbonyl (C=O) groups is 1. The lowest BCUT2D eigenvalue weighted by Gasteiger charge is -2.05. The number of rotatable bonds is 7. The van der Waals surface area contributed by atoms with Gasteiger partial charge in [0.15, 0.2) is 6.79 Å². The van der Waals surface area contributed by atoms with Crippen LogP contribution in [0.2, 0.25) is 0 Å². The van der Waals surface area contributed by atoms with E-state index in [1.54, 1.807) is 0 Å². The predicted molar refractivity (Wildman–Crippen MR) is 44.6 cm³/mol. The van der Waals surface area contributed by atoms with Crippen molar-refractivity contribution in [1.29, 1.82) is 0 Å². The summed E-state index contributed by atoms with van der Waals surface area (Å²) in [6.07, 6.45) is -0.957. The molecule has 0 aliphatic rings. The first-order valence-corrected chi connectivity index (χ1v) is 3.89. The van der Waals surface area contributed by atoms with E-state index in [2.05, 4.69) is 20.4 Å². The Bertz CT molecular complexity index is 133. The highest BCUT2D eigenvalue weighted by atomic mass is 16.8. The molecule has 0 bridgehead atoms. The quantitative estimate of drug-likeness (QED) is 0.163. The van der Waals surface area contributed by atoms with Crippen molar-refractivity contribution in [2.75, 3.05) is 33.0 Å². The fourth-order valence-corrected chi connectivity index (χ4v) is 0.559. The van der Waals surface area contributed by atoms with Crippen LogP contribution in [-0.4, -0.2) is 44.2 Å². The number of hydroxylamine groups is 1. The number of hydrogen-bond acceptors (Lipinski definition) is 7. The van der Waals surface area contributed by atoms with Crippen LogP contribution in [0.4, 0.5) is 4.79 Å². The number of ether oxygens (including phenoxy) is 1. The van der Waals surface area contributed by atoms with Crippen molar-refractivity contribution in [1.82, 2.24) is 10.8 Å². The minimum atomic E-state index is -0.957. The molecule has 0 aliphatic carbocycles. The topological polar surface area (TPSA) is 106 Å². The molecule has 7 nitrogen and oxygen atoms in total. The molecule has 0 rings (SSSR count). The van der Waals surface area contributed by atoms with Crippen molar-refractivity contribution in [2.24, 2.45) is 5.73 Å². The normalized spacial score (nSPS) is 9.69. The zero-order chi connectivity index (χ0) is 9.94. The minimum Gasteiger partial charge on any atom is -0.406 e. The first-order valence-electron chi connectivity index (χ1n) is 3.89. The lowest BCUT2D eigenvalue weighted by atomic mass is 10.6. The van der Waals surface area contributed by atoms with Crippen LogP contribution < -0.4 is 16.5 Å². The van der Waals surface area contributed by atoms with Crippen LogP contribution in [0.15, 0.2) is 0 Å². The first kappa shape index (κ1) is 12.1. The zero-order valence-corrected chi connectivity index (χ0v) is 7.28. The molecule has 78 valence electrons. The number of carbonyl (C=O) groups excluding carboxylic acids is 1. The van der Waals surface area contributed by atoms with Gasteiger partial charge in [0.25, 0.3) is 0 Å². The largest absolute Gasteiger partial charge is 0.529 e. The molecule has 0 fully saturated rings. The molecule has 0 saturated carbocycles. The highest BCUT2D eigenvalue weighted by Crippen LogP contribution is 1.78. The smallest absolute Gasteiger partial charge is 0.406 e. The van der Waals surface area contributed by atoms with Gasteiger partial charge in [0, 0.05) is 26.2 Å². The van der Waals surface area contributed by atoms with Crippen molar-refractivity contribution < 1.29 is 19.5 Å². The van der Waals surface area contributed by atoms with E-state index >= 15 is 0 Å². The molecule has 0 spiro atoms. The van der Waals surface area contributed by atoms with Gasteiger partial charge < -0.3 is 25.7 Å². The second kappa shape index (κ2) is 9.20. The predicted octanol–water partition coefficient (Wildman–Crippen LogP) is -1.86. The second-order valence-electron chi connectivity index (χ2n) is 2.06. The molecule has 5 N–H and O–H groups in total. The van der Waals surface area contributed by atoms with Gasteiger partial charge >= 0.3 is 6.16 Å². The van der Waals surface area contributed by atoms with Crippen molar-refractivity contribution in [3.63, 3.8) is 0 Å². The van der Waals surface area contributed by atoms with Gasteiger partial charge in [-0.15, -0.1) is 5.48 Å². The van der Waals surface area contributed by atoms with E-state index in [0.717, 1.165) is 0 Å².